The van der Waals surface area contributed by atoms with Crippen LogP contribution in [0.2, 0.25) is 0 Å². The van der Waals surface area contributed by atoms with E-state index in [2.05, 4.69) is 6.08 Å². The summed E-state index contributed by atoms with van der Waals surface area (Å²) in [6.45, 7) is 6.05. The molecule has 0 amide bonds. The Kier molecular flexibility index (Phi) is 5.84. The number of hydrogen-bond donors (Lipinski definition) is 3. The van der Waals surface area contributed by atoms with E-state index in [9.17, 15) is 20.1 Å². The number of aromatic hydroxyl groups is 2. The Hall–Kier alpha value is -3.45. The van der Waals surface area contributed by atoms with Gasteiger partial charge in [0.05, 0.1) is 12.7 Å². The van der Waals surface area contributed by atoms with Crippen molar-refractivity contribution < 1.29 is 34.3 Å². The number of phenolic OH excluding ortho intramolecular Hbond substituents is 2. The molecule has 33 heavy (non-hydrogen) atoms. The van der Waals surface area contributed by atoms with E-state index in [-0.39, 0.29) is 28.6 Å². The summed E-state index contributed by atoms with van der Waals surface area (Å²) in [5.74, 6) is -0.289. The molecule has 2 aromatic carbocycles. The molecule has 0 fully saturated rings. The van der Waals surface area contributed by atoms with Gasteiger partial charge in [-0.05, 0) is 63.5 Å². The summed E-state index contributed by atoms with van der Waals surface area (Å²) in [6.07, 6.45) is 4.74. The van der Waals surface area contributed by atoms with E-state index in [4.69, 9.17) is 14.2 Å². The topological polar surface area (TPSA) is 105 Å². The van der Waals surface area contributed by atoms with Gasteiger partial charge in [-0.3, -0.25) is 4.79 Å². The Bertz CT molecular complexity index is 1160. The first-order chi connectivity index (χ1) is 15.6. The molecule has 2 aliphatic rings. The van der Waals surface area contributed by atoms with Crippen LogP contribution in [-0.2, 0) is 0 Å². The Morgan fingerprint density at radius 2 is 1.97 bits per heavy atom. The van der Waals surface area contributed by atoms with E-state index in [1.54, 1.807) is 18.2 Å². The first-order valence-corrected chi connectivity index (χ1v) is 10.8. The number of carbonyl (C=O) groups is 1. The lowest BCUT2D eigenvalue weighted by molar-refractivity contribution is 0.0207. The van der Waals surface area contributed by atoms with Gasteiger partial charge in [0.1, 0.15) is 28.4 Å². The van der Waals surface area contributed by atoms with Gasteiger partial charge in [-0.1, -0.05) is 17.7 Å². The zero-order chi connectivity index (χ0) is 23.9. The molecular formula is C26H28O7. The molecule has 0 spiro atoms. The van der Waals surface area contributed by atoms with Crippen LogP contribution in [0, 0.1) is 0 Å². The molecular weight excluding hydrogens is 424 g/mol. The number of phenols is 2. The van der Waals surface area contributed by atoms with Gasteiger partial charge in [-0.2, -0.15) is 0 Å². The van der Waals surface area contributed by atoms with Gasteiger partial charge < -0.3 is 29.5 Å². The maximum absolute atomic E-state index is 13.0. The number of ether oxygens (including phenoxy) is 3. The van der Waals surface area contributed by atoms with Crippen molar-refractivity contribution in [1.29, 1.82) is 0 Å². The largest absolute Gasteiger partial charge is 0.506 e. The van der Waals surface area contributed by atoms with Crippen molar-refractivity contribution in [3.8, 4) is 28.7 Å². The molecule has 2 aromatic rings. The van der Waals surface area contributed by atoms with Crippen LogP contribution in [0.4, 0.5) is 0 Å². The van der Waals surface area contributed by atoms with Gasteiger partial charge in [-0.15, -0.1) is 0 Å². The van der Waals surface area contributed by atoms with Crippen LogP contribution in [0.3, 0.4) is 0 Å². The zero-order valence-electron chi connectivity index (χ0n) is 19.1. The highest BCUT2D eigenvalue weighted by Gasteiger charge is 2.41. The number of fused-ring (bicyclic) bond motifs is 2. The van der Waals surface area contributed by atoms with Gasteiger partial charge in [0.15, 0.2) is 23.7 Å². The number of allylic oxidation sites excluding steroid dienone is 2. The van der Waals surface area contributed by atoms with E-state index in [0.29, 0.717) is 16.9 Å². The number of benzene rings is 2. The van der Waals surface area contributed by atoms with Crippen molar-refractivity contribution in [2.75, 3.05) is 7.11 Å². The third-order valence-electron chi connectivity index (χ3n) is 5.99. The molecule has 3 atom stereocenters. The highest BCUT2D eigenvalue weighted by molar-refractivity contribution is 6.06. The second-order valence-corrected chi connectivity index (χ2v) is 8.86. The Morgan fingerprint density at radius 1 is 1.21 bits per heavy atom. The molecule has 0 bridgehead atoms. The average molecular weight is 453 g/mol. The summed E-state index contributed by atoms with van der Waals surface area (Å²) in [6, 6.07) is 6.03. The number of aliphatic hydroxyl groups is 1. The van der Waals surface area contributed by atoms with E-state index in [1.165, 1.54) is 24.8 Å². The van der Waals surface area contributed by atoms with Crippen LogP contribution in [0.25, 0.3) is 6.08 Å². The van der Waals surface area contributed by atoms with Crippen molar-refractivity contribution in [2.45, 2.75) is 51.4 Å². The second-order valence-electron chi connectivity index (χ2n) is 8.86. The first-order valence-electron chi connectivity index (χ1n) is 10.8. The Morgan fingerprint density at radius 3 is 2.67 bits per heavy atom. The lowest BCUT2D eigenvalue weighted by Gasteiger charge is -2.35. The molecule has 0 aromatic heterocycles. The van der Waals surface area contributed by atoms with Gasteiger partial charge in [0.2, 0.25) is 5.78 Å². The van der Waals surface area contributed by atoms with Gasteiger partial charge >= 0.3 is 0 Å². The minimum Gasteiger partial charge on any atom is -0.506 e. The van der Waals surface area contributed by atoms with Gasteiger partial charge in [-0.25, -0.2) is 0 Å². The predicted octanol–water partition coefficient (Wildman–Crippen LogP) is 4.69. The van der Waals surface area contributed by atoms with E-state index < -0.39 is 23.6 Å². The average Bonchev–Trinajstić information content (AvgIpc) is 2.76. The van der Waals surface area contributed by atoms with Crippen LogP contribution in [0.1, 0.15) is 61.2 Å². The summed E-state index contributed by atoms with van der Waals surface area (Å²) in [4.78, 5) is 13.0. The smallest absolute Gasteiger partial charge is 0.202 e. The first kappa shape index (κ1) is 22.7. The number of hydrogen-bond acceptors (Lipinski definition) is 7. The van der Waals surface area contributed by atoms with E-state index in [1.807, 2.05) is 26.8 Å². The molecule has 0 radical (unpaired) electrons. The lowest BCUT2D eigenvalue weighted by atomic mass is 9.89. The molecule has 0 saturated heterocycles. The molecule has 174 valence electrons. The van der Waals surface area contributed by atoms with Crippen LogP contribution in [0.5, 0.6) is 28.7 Å². The molecule has 2 aliphatic heterocycles. The minimum absolute atomic E-state index is 0.0717. The molecule has 2 heterocycles. The summed E-state index contributed by atoms with van der Waals surface area (Å²) in [7, 11) is 1.40. The van der Waals surface area contributed by atoms with E-state index >= 15 is 0 Å². The van der Waals surface area contributed by atoms with Gasteiger partial charge in [0.25, 0.3) is 0 Å². The summed E-state index contributed by atoms with van der Waals surface area (Å²) < 4.78 is 17.3. The molecule has 1 unspecified atom stereocenters. The molecule has 4 rings (SSSR count). The van der Waals surface area contributed by atoms with Crippen molar-refractivity contribution in [3.63, 3.8) is 0 Å². The SMILES string of the molecule is COc1cc([C@H]2Oc3cc4c(c(O)c3C(=O)[C@@H]2O)C=CC(C)(CCC=C(C)C)O4)ccc1O. The monoisotopic (exact) mass is 452 g/mol. The molecule has 0 aliphatic carbocycles. The second kappa shape index (κ2) is 8.48. The van der Waals surface area contributed by atoms with Crippen LogP contribution in [0.15, 0.2) is 42.0 Å². The van der Waals surface area contributed by atoms with Crippen LogP contribution >= 0.6 is 0 Å². The Balaban J connectivity index is 1.70. The third-order valence-corrected chi connectivity index (χ3v) is 5.99. The fraction of sp³-hybridized carbons (Fsp3) is 0.346. The maximum Gasteiger partial charge on any atom is 0.202 e. The number of methoxy groups -OCH3 is 1. The highest BCUT2D eigenvalue weighted by Crippen LogP contribution is 2.48. The van der Waals surface area contributed by atoms with Gasteiger partial charge in [0, 0.05) is 6.07 Å². The molecule has 7 nitrogen and oxygen atoms in total. The lowest BCUT2D eigenvalue weighted by Crippen LogP contribution is -2.37. The van der Waals surface area contributed by atoms with Crippen molar-refractivity contribution in [2.24, 2.45) is 0 Å². The maximum atomic E-state index is 13.0. The zero-order valence-corrected chi connectivity index (χ0v) is 19.1. The highest BCUT2D eigenvalue weighted by atomic mass is 16.5. The normalized spacial score (nSPS) is 23.1. The number of aliphatic hydroxyl groups excluding tert-OH is 1. The standard InChI is InChI=1S/C26H28O7/c1-14(2)6-5-10-26(3)11-9-16-18(33-26)13-20-21(22(16)28)23(29)24(30)25(32-20)15-7-8-17(27)19(12-15)31-4/h6-9,11-13,24-25,27-28,30H,5,10H2,1-4H3/t24-,25+,26?/m0/s1. The number of carbonyl (C=O) groups excluding carboxylic acids is 1. The van der Waals surface area contributed by atoms with Crippen LogP contribution < -0.4 is 14.2 Å². The summed E-state index contributed by atoms with van der Waals surface area (Å²) >= 11 is 0. The summed E-state index contributed by atoms with van der Waals surface area (Å²) in [5, 5.41) is 31.4. The molecule has 0 saturated carbocycles. The molecule has 3 N–H and O–H groups in total. The molecule has 7 heteroatoms. The van der Waals surface area contributed by atoms with Crippen molar-refractivity contribution in [1.82, 2.24) is 0 Å². The predicted molar refractivity (Wildman–Crippen MR) is 123 cm³/mol. The van der Waals surface area contributed by atoms with E-state index in [0.717, 1.165) is 12.8 Å². The minimum atomic E-state index is -1.54. The van der Waals surface area contributed by atoms with Crippen LogP contribution in [-0.4, -0.2) is 39.9 Å². The quantitative estimate of drug-likeness (QED) is 0.565. The van der Waals surface area contributed by atoms with Crippen molar-refractivity contribution in [3.05, 3.63) is 58.7 Å². The summed E-state index contributed by atoms with van der Waals surface area (Å²) in [5.41, 5.74) is 1.39. The Labute approximate surface area is 192 Å². The third kappa shape index (κ3) is 4.16. The number of rotatable bonds is 5. The van der Waals surface area contributed by atoms with Crippen molar-refractivity contribution >= 4 is 11.9 Å². The fourth-order valence-corrected chi connectivity index (χ4v) is 4.15. The number of ketones is 1. The number of Topliss-reactive ketones (excluding diaryl/α,β-unsaturated/α-hetero) is 1. The fourth-order valence-electron chi connectivity index (χ4n) is 4.15.